The molecule has 3 rings (SSSR count). The molecule has 0 N–H and O–H groups in total. The summed E-state index contributed by atoms with van der Waals surface area (Å²) in [6.45, 7) is 13.2. The first-order chi connectivity index (χ1) is 12.1. The Balaban J connectivity index is 0.00000243. The van der Waals surface area contributed by atoms with Crippen LogP contribution in [0.5, 0.6) is 0 Å². The van der Waals surface area contributed by atoms with E-state index in [-0.39, 0.29) is 46.5 Å². The maximum atomic E-state index is 4.87. The third-order valence-electron chi connectivity index (χ3n) is 5.91. The fraction of sp³-hybridized carbons (Fsp3) is 0.417. The molecule has 1 aliphatic carbocycles. The summed E-state index contributed by atoms with van der Waals surface area (Å²) in [7, 11) is 0. The summed E-state index contributed by atoms with van der Waals surface area (Å²) in [5.41, 5.74) is 8.73. The van der Waals surface area contributed by atoms with E-state index in [1.807, 2.05) is 0 Å². The number of hydrogen-bond acceptors (Lipinski definition) is 0. The molecule has 1 radical (unpaired) electrons. The minimum absolute atomic E-state index is 0. The predicted molar refractivity (Wildman–Crippen MR) is 111 cm³/mol. The fourth-order valence-electron chi connectivity index (χ4n) is 4.02. The average Bonchev–Trinajstić information content (AvgIpc) is 2.82. The molecule has 2 aromatic rings. The van der Waals surface area contributed by atoms with E-state index in [0.717, 1.165) is 13.1 Å². The van der Waals surface area contributed by atoms with E-state index in [1.165, 1.54) is 57.0 Å². The van der Waals surface area contributed by atoms with Crippen molar-refractivity contribution in [3.05, 3.63) is 69.6 Å². The minimum Gasteiger partial charge on any atom is -1.00 e. The second-order valence-corrected chi connectivity index (χ2v) is 7.34. The van der Waals surface area contributed by atoms with Crippen LogP contribution >= 0.6 is 0 Å². The maximum absolute atomic E-state index is 4.87. The summed E-state index contributed by atoms with van der Waals surface area (Å²) in [6, 6.07) is 13.3. The first-order valence-electron chi connectivity index (χ1n) is 9.59. The summed E-state index contributed by atoms with van der Waals surface area (Å²) in [5, 5.41) is 7.54. The van der Waals surface area contributed by atoms with Gasteiger partial charge in [0.05, 0.1) is 0 Å². The molecule has 0 amide bonds. The molecule has 2 aromatic carbocycles. The van der Waals surface area contributed by atoms with Crippen molar-refractivity contribution in [3.8, 4) is 0 Å². The van der Waals surface area contributed by atoms with Gasteiger partial charge in [-0.25, -0.2) is 0 Å². The largest absolute Gasteiger partial charge is 3.00 e. The average molecular weight is 451 g/mol. The molecule has 0 heterocycles. The Morgan fingerprint density at radius 1 is 0.929 bits per heavy atom. The molecule has 1 nitrogen and oxygen atoms in total. The second kappa shape index (κ2) is 12.2. The van der Waals surface area contributed by atoms with Crippen LogP contribution < -0.4 is 24.8 Å². The molecule has 1 atom stereocenters. The van der Waals surface area contributed by atoms with Crippen molar-refractivity contribution in [1.29, 1.82) is 0 Å². The second-order valence-electron chi connectivity index (χ2n) is 7.34. The Hall–Kier alpha value is -0.566. The van der Waals surface area contributed by atoms with Crippen molar-refractivity contribution in [3.63, 3.8) is 0 Å². The number of hydrogen-bond donors (Lipinski definition) is 0. The molecule has 0 aromatic heterocycles. The molecule has 0 aliphatic heterocycles. The van der Waals surface area contributed by atoms with Gasteiger partial charge in [-0.1, -0.05) is 74.2 Å². The van der Waals surface area contributed by atoms with Crippen LogP contribution in [0.25, 0.3) is 21.7 Å². The molecule has 0 saturated heterocycles. The third-order valence-corrected chi connectivity index (χ3v) is 5.91. The van der Waals surface area contributed by atoms with E-state index < -0.39 is 0 Å². The van der Waals surface area contributed by atoms with Gasteiger partial charge in [0.2, 0.25) is 0 Å². The summed E-state index contributed by atoms with van der Waals surface area (Å²) >= 11 is 0. The molecule has 149 valence electrons. The Bertz CT molecular complexity index is 855. The number of allylic oxidation sites excluding steroid dienone is 4. The first-order valence-corrected chi connectivity index (χ1v) is 9.59. The monoisotopic (exact) mass is 450 g/mol. The van der Waals surface area contributed by atoms with Crippen LogP contribution in [-0.2, 0) is 28.3 Å². The summed E-state index contributed by atoms with van der Waals surface area (Å²) in [5.74, 6) is 0.496. The van der Waals surface area contributed by atoms with Gasteiger partial charge in [-0.2, -0.15) is 0 Å². The van der Waals surface area contributed by atoms with Crippen LogP contribution in [0.3, 0.4) is 0 Å². The third kappa shape index (κ3) is 5.32. The molecule has 1 unspecified atom stereocenters. The Kier molecular flexibility index (Phi) is 12.0. The van der Waals surface area contributed by atoms with Crippen molar-refractivity contribution >= 4 is 16.3 Å². The van der Waals surface area contributed by atoms with Gasteiger partial charge in [-0.05, 0) is 53.8 Å². The van der Waals surface area contributed by atoms with E-state index in [1.54, 1.807) is 0 Å². The first kappa shape index (κ1) is 27.4. The van der Waals surface area contributed by atoms with Crippen molar-refractivity contribution in [2.24, 2.45) is 5.92 Å². The summed E-state index contributed by atoms with van der Waals surface area (Å²) in [6.07, 6.45) is 2.38. The SMILES string of the molecule is CCCC[N-]Cc1c(C2=C(C)C(C)=C(C)C2C)ccc2ccccc12.[Cl-].[Cl-].[Ti+3]. The Labute approximate surface area is 198 Å². The number of fused-ring (bicyclic) bond motifs is 1. The summed E-state index contributed by atoms with van der Waals surface area (Å²) < 4.78 is 0. The van der Waals surface area contributed by atoms with E-state index in [4.69, 9.17) is 5.32 Å². The van der Waals surface area contributed by atoms with Crippen molar-refractivity contribution in [2.75, 3.05) is 6.54 Å². The normalized spacial score (nSPS) is 16.0. The van der Waals surface area contributed by atoms with Crippen LogP contribution in [0.4, 0.5) is 0 Å². The molecule has 0 fully saturated rings. The van der Waals surface area contributed by atoms with Gasteiger partial charge in [0, 0.05) is 5.92 Å². The number of halogens is 2. The molecular formula is C24H30Cl2NTi. The van der Waals surface area contributed by atoms with Crippen LogP contribution in [0, 0.1) is 5.92 Å². The molecule has 0 saturated carbocycles. The van der Waals surface area contributed by atoms with Gasteiger partial charge in [0.25, 0.3) is 0 Å². The maximum Gasteiger partial charge on any atom is 3.00 e. The Morgan fingerprint density at radius 3 is 2.21 bits per heavy atom. The van der Waals surface area contributed by atoms with Crippen LogP contribution in [-0.4, -0.2) is 6.54 Å². The van der Waals surface area contributed by atoms with Crippen LogP contribution in [0.2, 0.25) is 0 Å². The van der Waals surface area contributed by atoms with Crippen LogP contribution in [0.15, 0.2) is 53.1 Å². The predicted octanol–water partition coefficient (Wildman–Crippen LogP) is 1.28. The number of benzene rings is 2. The van der Waals surface area contributed by atoms with Gasteiger partial charge in [-0.15, -0.1) is 13.1 Å². The van der Waals surface area contributed by atoms with Gasteiger partial charge in [0.15, 0.2) is 0 Å². The number of rotatable bonds is 6. The van der Waals surface area contributed by atoms with Crippen LogP contribution in [0.1, 0.15) is 58.6 Å². The standard InChI is InChI=1S/C24H30N.2ClH.Ti/c1-6-7-14-25-15-23-21-11-9-8-10-20(21)12-13-22(23)24-18(4)16(2)17(3)19(24)5;;;/h8-13,18H,6-7,14-15H2,1-5H3;2*1H;/q-1;;;+3/p-2. The number of unbranched alkanes of at least 4 members (excludes halogenated alkanes) is 1. The van der Waals surface area contributed by atoms with Gasteiger partial charge in [0.1, 0.15) is 0 Å². The topological polar surface area (TPSA) is 14.1 Å². The van der Waals surface area contributed by atoms with Gasteiger partial charge in [-0.3, -0.25) is 0 Å². The minimum atomic E-state index is 0. The molecule has 1 aliphatic rings. The Morgan fingerprint density at radius 2 is 1.61 bits per heavy atom. The van der Waals surface area contributed by atoms with Gasteiger partial charge >= 0.3 is 21.7 Å². The van der Waals surface area contributed by atoms with Crippen molar-refractivity contribution in [2.45, 2.75) is 54.0 Å². The fourth-order valence-corrected chi connectivity index (χ4v) is 4.02. The van der Waals surface area contributed by atoms with E-state index in [0.29, 0.717) is 5.92 Å². The number of nitrogens with zero attached hydrogens (tertiary/aromatic N) is 1. The van der Waals surface area contributed by atoms with Crippen molar-refractivity contribution < 1.29 is 46.5 Å². The zero-order valence-corrected chi connectivity index (χ0v) is 20.6. The molecule has 4 heteroatoms. The van der Waals surface area contributed by atoms with E-state index in [9.17, 15) is 0 Å². The van der Waals surface area contributed by atoms with Crippen molar-refractivity contribution in [1.82, 2.24) is 0 Å². The van der Waals surface area contributed by atoms with Gasteiger partial charge < -0.3 is 30.1 Å². The quantitative estimate of drug-likeness (QED) is 0.465. The molecule has 28 heavy (non-hydrogen) atoms. The molecular weight excluding hydrogens is 421 g/mol. The summed E-state index contributed by atoms with van der Waals surface area (Å²) in [4.78, 5) is 0. The zero-order chi connectivity index (χ0) is 18.0. The zero-order valence-electron chi connectivity index (χ0n) is 17.6. The molecule has 0 bridgehead atoms. The smallest absolute Gasteiger partial charge is 1.00 e. The van der Waals surface area contributed by atoms with E-state index in [2.05, 4.69) is 71.0 Å². The molecule has 0 spiro atoms. The van der Waals surface area contributed by atoms with E-state index >= 15 is 0 Å².